The molecule has 4 unspecified atom stereocenters. The van der Waals surface area contributed by atoms with E-state index in [0.29, 0.717) is 51.5 Å². The summed E-state index contributed by atoms with van der Waals surface area (Å²) >= 11 is 0. The fraction of sp³-hybridized carbons (Fsp3) is 0.486. The summed E-state index contributed by atoms with van der Waals surface area (Å²) in [5.41, 5.74) is 1.95. The third kappa shape index (κ3) is 14.0. The second kappa shape index (κ2) is 20.0. The van der Waals surface area contributed by atoms with Gasteiger partial charge in [0.25, 0.3) is 0 Å². The van der Waals surface area contributed by atoms with Gasteiger partial charge in [-0.2, -0.15) is 0 Å². The Bertz CT molecular complexity index is 1220. The Morgan fingerprint density at radius 3 is 2.42 bits per heavy atom. The number of carbonyl (C=O) groups is 4. The van der Waals surface area contributed by atoms with Crippen molar-refractivity contribution >= 4 is 23.9 Å². The van der Waals surface area contributed by atoms with Gasteiger partial charge in [-0.3, -0.25) is 14.4 Å². The first-order chi connectivity index (χ1) is 21.8. The zero-order valence-corrected chi connectivity index (χ0v) is 26.1. The third-order valence-corrected chi connectivity index (χ3v) is 7.65. The summed E-state index contributed by atoms with van der Waals surface area (Å²) in [4.78, 5) is 51.3. The number of aliphatic hydroxyl groups excluding tert-OH is 1. The average Bonchev–Trinajstić information content (AvgIpc) is 3.05. The molecule has 0 saturated carbocycles. The fourth-order valence-electron chi connectivity index (χ4n) is 5.06. The normalized spacial score (nSPS) is 19.9. The maximum Gasteiger partial charge on any atom is 0.407 e. The fourth-order valence-corrected chi connectivity index (χ4v) is 5.06. The number of unbranched alkanes of at least 4 members (excludes halogenated alkanes) is 1. The number of cyclic esters (lactones) is 1. The molecule has 1 heterocycles. The van der Waals surface area contributed by atoms with E-state index in [1.165, 1.54) is 0 Å². The molecule has 0 fully saturated rings. The summed E-state index contributed by atoms with van der Waals surface area (Å²) in [6.45, 7) is 2.08. The van der Waals surface area contributed by atoms with E-state index in [2.05, 4.69) is 16.0 Å². The van der Waals surface area contributed by atoms with Crippen LogP contribution in [0.4, 0.5) is 4.79 Å². The van der Waals surface area contributed by atoms with Crippen LogP contribution in [0.2, 0.25) is 0 Å². The smallest absolute Gasteiger partial charge is 0.407 e. The molecule has 4 N–H and O–H groups in total. The molecular formula is C35H47N3O7. The Kier molecular flexibility index (Phi) is 15.7. The lowest BCUT2D eigenvalue weighted by molar-refractivity contribution is -0.150. The van der Waals surface area contributed by atoms with Crippen LogP contribution in [0, 0.1) is 11.8 Å². The van der Waals surface area contributed by atoms with Gasteiger partial charge < -0.3 is 30.5 Å². The molecule has 10 heteroatoms. The third-order valence-electron chi connectivity index (χ3n) is 7.65. The van der Waals surface area contributed by atoms with E-state index >= 15 is 0 Å². The van der Waals surface area contributed by atoms with Crippen molar-refractivity contribution < 1.29 is 33.8 Å². The monoisotopic (exact) mass is 621 g/mol. The predicted molar refractivity (Wildman–Crippen MR) is 171 cm³/mol. The van der Waals surface area contributed by atoms with Gasteiger partial charge in [0.15, 0.2) is 0 Å². The SMILES string of the molecule is CC(CO)NC(=O)CC1CC=CCCC(Cc2ccccc2)C(=O)OCC(CCCCNC(=O)OCc2ccccc2)NC1=O. The van der Waals surface area contributed by atoms with Crippen molar-refractivity contribution in [1.82, 2.24) is 16.0 Å². The van der Waals surface area contributed by atoms with Gasteiger partial charge in [-0.25, -0.2) is 4.79 Å². The van der Waals surface area contributed by atoms with E-state index in [9.17, 15) is 24.3 Å². The average molecular weight is 622 g/mol. The van der Waals surface area contributed by atoms with Gasteiger partial charge in [0.05, 0.1) is 24.5 Å². The molecule has 0 aliphatic carbocycles. The largest absolute Gasteiger partial charge is 0.463 e. The maximum atomic E-state index is 13.4. The maximum absolute atomic E-state index is 13.4. The highest BCUT2D eigenvalue weighted by atomic mass is 16.5. The van der Waals surface area contributed by atoms with Crippen molar-refractivity contribution in [2.75, 3.05) is 19.8 Å². The van der Waals surface area contributed by atoms with Gasteiger partial charge in [0.2, 0.25) is 11.8 Å². The molecule has 2 aromatic carbocycles. The molecule has 0 aromatic heterocycles. The van der Waals surface area contributed by atoms with E-state index in [4.69, 9.17) is 9.47 Å². The van der Waals surface area contributed by atoms with E-state index in [1.807, 2.05) is 72.8 Å². The number of alkyl carbamates (subject to hydrolysis) is 1. The molecule has 2 aromatic rings. The Morgan fingerprint density at radius 2 is 1.71 bits per heavy atom. The molecule has 4 atom stereocenters. The summed E-state index contributed by atoms with van der Waals surface area (Å²) in [5.74, 6) is -1.86. The summed E-state index contributed by atoms with van der Waals surface area (Å²) in [6, 6.07) is 18.4. The number of aliphatic hydroxyl groups is 1. The van der Waals surface area contributed by atoms with Crippen LogP contribution in [0.1, 0.15) is 63.0 Å². The number of carbonyl (C=O) groups excluding carboxylic acids is 4. The first kappa shape index (κ1) is 35.3. The van der Waals surface area contributed by atoms with Gasteiger partial charge in [-0.1, -0.05) is 72.8 Å². The number of esters is 1. The number of allylic oxidation sites excluding steroid dienone is 2. The highest BCUT2D eigenvalue weighted by Crippen LogP contribution is 2.19. The summed E-state index contributed by atoms with van der Waals surface area (Å²) in [6.07, 6.45) is 7.27. The molecule has 0 bridgehead atoms. The van der Waals surface area contributed by atoms with Crippen molar-refractivity contribution in [3.63, 3.8) is 0 Å². The number of benzene rings is 2. The van der Waals surface area contributed by atoms with E-state index in [-0.39, 0.29) is 49.9 Å². The minimum atomic E-state index is -0.618. The van der Waals surface area contributed by atoms with Crippen molar-refractivity contribution in [2.24, 2.45) is 11.8 Å². The lowest BCUT2D eigenvalue weighted by atomic mass is 9.94. The molecule has 3 rings (SSSR count). The molecule has 0 radical (unpaired) electrons. The Labute approximate surface area is 266 Å². The molecule has 0 spiro atoms. The Balaban J connectivity index is 1.59. The molecule has 0 saturated heterocycles. The molecular weight excluding hydrogens is 574 g/mol. The molecule has 244 valence electrons. The summed E-state index contributed by atoms with van der Waals surface area (Å²) in [7, 11) is 0. The van der Waals surface area contributed by atoms with Crippen molar-refractivity contribution in [1.29, 1.82) is 0 Å². The lowest BCUT2D eigenvalue weighted by Gasteiger charge is -2.23. The van der Waals surface area contributed by atoms with Gasteiger partial charge in [-0.05, 0) is 63.0 Å². The van der Waals surface area contributed by atoms with Crippen LogP contribution < -0.4 is 16.0 Å². The number of hydrogen-bond donors (Lipinski definition) is 4. The number of rotatable bonds is 13. The van der Waals surface area contributed by atoms with Crippen LogP contribution in [0.5, 0.6) is 0 Å². The minimum absolute atomic E-state index is 0.0102. The summed E-state index contributed by atoms with van der Waals surface area (Å²) < 4.78 is 11.0. The Morgan fingerprint density at radius 1 is 1.00 bits per heavy atom. The topological polar surface area (TPSA) is 143 Å². The minimum Gasteiger partial charge on any atom is -0.463 e. The van der Waals surface area contributed by atoms with Gasteiger partial charge in [0.1, 0.15) is 13.2 Å². The molecule has 10 nitrogen and oxygen atoms in total. The highest BCUT2D eigenvalue weighted by Gasteiger charge is 2.27. The predicted octanol–water partition coefficient (Wildman–Crippen LogP) is 4.21. The zero-order chi connectivity index (χ0) is 32.3. The standard InChI is InChI=1S/C35H47N3O7/c1-26(23-39)37-32(40)22-29-17-9-4-10-18-30(21-27-13-5-2-6-14-27)34(42)44-25-31(38-33(29)41)19-11-12-20-36-35(43)45-24-28-15-7-3-8-16-28/h2-9,13-16,26,29-31,39H,10-12,17-25H2,1H3,(H,36,43)(H,37,40)(H,38,41). The number of hydrogen-bond acceptors (Lipinski definition) is 7. The first-order valence-electron chi connectivity index (χ1n) is 15.8. The summed E-state index contributed by atoms with van der Waals surface area (Å²) in [5, 5.41) is 17.8. The van der Waals surface area contributed by atoms with E-state index < -0.39 is 24.1 Å². The van der Waals surface area contributed by atoms with Gasteiger partial charge >= 0.3 is 12.1 Å². The van der Waals surface area contributed by atoms with Crippen molar-refractivity contribution in [3.05, 3.63) is 83.9 Å². The van der Waals surface area contributed by atoms with Gasteiger partial charge in [0, 0.05) is 19.0 Å². The highest BCUT2D eigenvalue weighted by molar-refractivity contribution is 5.86. The zero-order valence-electron chi connectivity index (χ0n) is 26.1. The van der Waals surface area contributed by atoms with E-state index in [1.54, 1.807) is 6.92 Å². The van der Waals surface area contributed by atoms with Crippen molar-refractivity contribution in [2.45, 2.75) is 77.0 Å². The van der Waals surface area contributed by atoms with Gasteiger partial charge in [-0.15, -0.1) is 0 Å². The molecule has 1 aliphatic rings. The lowest BCUT2D eigenvalue weighted by Crippen LogP contribution is -2.44. The first-order valence-corrected chi connectivity index (χ1v) is 15.8. The molecule has 3 amide bonds. The molecule has 1 aliphatic heterocycles. The second-order valence-electron chi connectivity index (χ2n) is 11.5. The van der Waals surface area contributed by atoms with Crippen LogP contribution in [-0.4, -0.2) is 60.8 Å². The number of nitrogens with one attached hydrogen (secondary N) is 3. The van der Waals surface area contributed by atoms with Crippen LogP contribution in [0.15, 0.2) is 72.8 Å². The molecule has 45 heavy (non-hydrogen) atoms. The Hall–Kier alpha value is -4.18. The van der Waals surface area contributed by atoms with Crippen LogP contribution in [-0.2, 0) is 36.9 Å². The number of amides is 3. The quantitative estimate of drug-likeness (QED) is 0.149. The van der Waals surface area contributed by atoms with Crippen LogP contribution in [0.3, 0.4) is 0 Å². The van der Waals surface area contributed by atoms with Crippen molar-refractivity contribution in [3.8, 4) is 0 Å². The number of ether oxygens (including phenoxy) is 2. The van der Waals surface area contributed by atoms with Crippen LogP contribution in [0.25, 0.3) is 0 Å². The second-order valence-corrected chi connectivity index (χ2v) is 11.5. The van der Waals surface area contributed by atoms with Crippen LogP contribution >= 0.6 is 0 Å². The van der Waals surface area contributed by atoms with E-state index in [0.717, 1.165) is 11.1 Å².